The molecule has 7 rings (SSSR count). The van der Waals surface area contributed by atoms with Crippen molar-refractivity contribution in [2.45, 2.75) is 11.8 Å². The first kappa shape index (κ1) is 19.4. The molecule has 158 valence electrons. The molecule has 2 amide bonds. The van der Waals surface area contributed by atoms with Crippen LogP contribution in [0.2, 0.25) is 0 Å². The third-order valence-electron chi connectivity index (χ3n) is 6.87. The average Bonchev–Trinajstić information content (AvgIpc) is 3.06. The smallest absolute Gasteiger partial charge is 0.331 e. The Labute approximate surface area is 193 Å². The molecule has 1 fully saturated rings. The molecule has 2 atom stereocenters. The second-order valence-corrected chi connectivity index (χ2v) is 9.37. The minimum atomic E-state index is -0.630. The second kappa shape index (κ2) is 7.14. The van der Waals surface area contributed by atoms with Crippen LogP contribution in [0.15, 0.2) is 77.3 Å². The lowest BCUT2D eigenvalue weighted by atomic mass is 9.55. The summed E-state index contributed by atoms with van der Waals surface area (Å²) < 4.78 is 6.23. The molecule has 0 N–H and O–H groups in total. The lowest BCUT2D eigenvalue weighted by Crippen LogP contribution is -2.41. The molecule has 0 spiro atoms. The Morgan fingerprint density at radius 3 is 1.62 bits per heavy atom. The van der Waals surface area contributed by atoms with Crippen LogP contribution in [0.4, 0.5) is 0 Å². The number of hydrogen-bond acceptors (Lipinski definition) is 4. The molecule has 0 saturated carbocycles. The number of nitrogens with zero attached hydrogens (tertiary/aromatic N) is 1. The predicted octanol–water partition coefficient (Wildman–Crippen LogP) is 4.25. The highest BCUT2D eigenvalue weighted by atomic mass is 79.9. The molecular formula is C26H18BrNO4. The van der Waals surface area contributed by atoms with Crippen LogP contribution in [0.25, 0.3) is 0 Å². The number of hydrogen-bond donors (Lipinski definition) is 0. The third kappa shape index (κ3) is 2.72. The van der Waals surface area contributed by atoms with Crippen LogP contribution in [-0.2, 0) is 14.4 Å². The molecule has 3 aromatic rings. The molecule has 4 aliphatic rings. The lowest BCUT2D eigenvalue weighted by Gasteiger charge is -2.45. The normalized spacial score (nSPS) is 24.7. The van der Waals surface area contributed by atoms with Gasteiger partial charge in [-0.2, -0.15) is 0 Å². The Balaban J connectivity index is 1.34. The number of carbonyl (C=O) groups is 3. The first-order chi connectivity index (χ1) is 15.5. The Morgan fingerprint density at radius 1 is 0.750 bits per heavy atom. The van der Waals surface area contributed by atoms with Crippen molar-refractivity contribution in [3.8, 4) is 5.75 Å². The molecule has 5 nitrogen and oxygen atoms in total. The number of benzene rings is 3. The minimum Gasteiger partial charge on any atom is -0.425 e. The van der Waals surface area contributed by atoms with Gasteiger partial charge in [-0.25, -0.2) is 4.79 Å². The SMILES string of the molecule is O=C(CN1C(=O)[C@@H]2C3c4ccccc4C(c4ccccc43)[C@H]2C1=O)Oc1ccc(Br)cc1. The third-order valence-corrected chi connectivity index (χ3v) is 7.40. The van der Waals surface area contributed by atoms with Gasteiger partial charge in [-0.15, -0.1) is 0 Å². The van der Waals surface area contributed by atoms with Gasteiger partial charge in [0.1, 0.15) is 12.3 Å². The number of halogens is 1. The Hall–Kier alpha value is -3.25. The number of carbonyl (C=O) groups excluding carboxylic acids is 3. The maximum Gasteiger partial charge on any atom is 0.331 e. The molecule has 0 aromatic heterocycles. The van der Waals surface area contributed by atoms with Gasteiger partial charge in [0.05, 0.1) is 11.8 Å². The first-order valence-corrected chi connectivity index (χ1v) is 11.3. The monoisotopic (exact) mass is 487 g/mol. The summed E-state index contributed by atoms with van der Waals surface area (Å²) in [6.45, 7) is -0.382. The zero-order valence-electron chi connectivity index (χ0n) is 16.9. The number of esters is 1. The van der Waals surface area contributed by atoms with Gasteiger partial charge in [-0.3, -0.25) is 14.5 Å². The molecule has 0 unspecified atom stereocenters. The molecule has 1 saturated heterocycles. The van der Waals surface area contributed by atoms with Crippen molar-refractivity contribution in [1.82, 2.24) is 4.90 Å². The average molecular weight is 488 g/mol. The number of rotatable bonds is 3. The van der Waals surface area contributed by atoms with E-state index in [4.69, 9.17) is 4.74 Å². The van der Waals surface area contributed by atoms with E-state index in [9.17, 15) is 14.4 Å². The van der Waals surface area contributed by atoms with Crippen LogP contribution in [-0.4, -0.2) is 29.2 Å². The molecule has 0 radical (unpaired) electrons. The van der Waals surface area contributed by atoms with E-state index in [0.29, 0.717) is 5.75 Å². The highest BCUT2D eigenvalue weighted by Crippen LogP contribution is 2.60. The van der Waals surface area contributed by atoms with Gasteiger partial charge in [-0.05, 0) is 46.5 Å². The standard InChI is InChI=1S/C26H18BrNO4/c27-14-9-11-15(12-10-14)32-20(29)13-28-25(30)23-21-16-5-1-2-6-17(16)22(24(23)26(28)31)19-8-4-3-7-18(19)21/h1-12,21-24H,13H2/t21?,22?,23-,24-/m1/s1. The molecule has 2 bridgehead atoms. The van der Waals surface area contributed by atoms with Crippen LogP contribution >= 0.6 is 15.9 Å². The fourth-order valence-corrected chi connectivity index (χ4v) is 5.95. The van der Waals surface area contributed by atoms with Crippen molar-refractivity contribution in [3.63, 3.8) is 0 Å². The highest BCUT2D eigenvalue weighted by molar-refractivity contribution is 9.10. The van der Waals surface area contributed by atoms with E-state index >= 15 is 0 Å². The van der Waals surface area contributed by atoms with E-state index < -0.39 is 17.8 Å². The van der Waals surface area contributed by atoms with E-state index in [1.807, 2.05) is 24.3 Å². The minimum absolute atomic E-state index is 0.179. The van der Waals surface area contributed by atoms with E-state index in [0.717, 1.165) is 31.6 Å². The van der Waals surface area contributed by atoms with Crippen molar-refractivity contribution in [2.24, 2.45) is 11.8 Å². The van der Waals surface area contributed by atoms with Crippen LogP contribution < -0.4 is 4.74 Å². The van der Waals surface area contributed by atoms with Crippen molar-refractivity contribution < 1.29 is 19.1 Å². The highest BCUT2D eigenvalue weighted by Gasteiger charge is 2.61. The second-order valence-electron chi connectivity index (χ2n) is 8.46. The van der Waals surface area contributed by atoms with Crippen molar-refractivity contribution in [1.29, 1.82) is 0 Å². The van der Waals surface area contributed by atoms with Gasteiger partial charge in [0.15, 0.2) is 0 Å². The van der Waals surface area contributed by atoms with Crippen LogP contribution in [0, 0.1) is 11.8 Å². The van der Waals surface area contributed by atoms with Crippen LogP contribution in [0.1, 0.15) is 34.1 Å². The first-order valence-electron chi connectivity index (χ1n) is 10.5. The summed E-state index contributed by atoms with van der Waals surface area (Å²) in [5, 5.41) is 0. The molecule has 1 aliphatic heterocycles. The molecular weight excluding hydrogens is 470 g/mol. The quantitative estimate of drug-likeness (QED) is 0.314. The summed E-state index contributed by atoms with van der Waals surface area (Å²) >= 11 is 3.34. The van der Waals surface area contributed by atoms with Gasteiger partial charge in [0, 0.05) is 16.3 Å². The summed E-state index contributed by atoms with van der Waals surface area (Å²) in [6.07, 6.45) is 0. The number of imide groups is 1. The fourth-order valence-electron chi connectivity index (χ4n) is 5.69. The number of amides is 2. The summed E-state index contributed by atoms with van der Waals surface area (Å²) in [4.78, 5) is 40.7. The maximum absolute atomic E-state index is 13.5. The van der Waals surface area contributed by atoms with E-state index in [1.54, 1.807) is 24.3 Å². The van der Waals surface area contributed by atoms with Gasteiger partial charge < -0.3 is 4.74 Å². The van der Waals surface area contributed by atoms with Gasteiger partial charge in [-0.1, -0.05) is 64.5 Å². The van der Waals surface area contributed by atoms with Crippen molar-refractivity contribution in [2.75, 3.05) is 6.54 Å². The topological polar surface area (TPSA) is 63.7 Å². The number of ether oxygens (including phenoxy) is 1. The molecule has 3 aliphatic carbocycles. The van der Waals surface area contributed by atoms with Crippen molar-refractivity contribution >= 4 is 33.7 Å². The Kier molecular flexibility index (Phi) is 4.33. The maximum atomic E-state index is 13.5. The van der Waals surface area contributed by atoms with Gasteiger partial charge in [0.25, 0.3) is 0 Å². The molecule has 6 heteroatoms. The zero-order valence-corrected chi connectivity index (χ0v) is 18.5. The summed E-state index contributed by atoms with van der Waals surface area (Å²) in [7, 11) is 0. The summed E-state index contributed by atoms with van der Waals surface area (Å²) in [5.41, 5.74) is 4.44. The van der Waals surface area contributed by atoms with Crippen LogP contribution in [0.3, 0.4) is 0 Å². The zero-order chi connectivity index (χ0) is 22.0. The summed E-state index contributed by atoms with van der Waals surface area (Å²) in [5.74, 6) is -2.17. The van der Waals surface area contributed by atoms with Crippen LogP contribution in [0.5, 0.6) is 5.75 Å². The Morgan fingerprint density at radius 2 is 1.19 bits per heavy atom. The number of likely N-dealkylation sites (tertiary alicyclic amines) is 1. The Bertz CT molecular complexity index is 1170. The van der Waals surface area contributed by atoms with E-state index in [2.05, 4.69) is 40.2 Å². The van der Waals surface area contributed by atoms with Gasteiger partial charge in [0.2, 0.25) is 11.8 Å². The van der Waals surface area contributed by atoms with E-state index in [1.165, 1.54) is 0 Å². The molecule has 3 aromatic carbocycles. The van der Waals surface area contributed by atoms with E-state index in [-0.39, 0.29) is 30.2 Å². The van der Waals surface area contributed by atoms with Crippen molar-refractivity contribution in [3.05, 3.63) is 99.5 Å². The lowest BCUT2D eigenvalue weighted by molar-refractivity contribution is -0.148. The largest absolute Gasteiger partial charge is 0.425 e. The van der Waals surface area contributed by atoms with Gasteiger partial charge >= 0.3 is 5.97 Å². The summed E-state index contributed by atoms with van der Waals surface area (Å²) in [6, 6.07) is 23.0. The molecule has 32 heavy (non-hydrogen) atoms. The molecule has 1 heterocycles. The fraction of sp³-hybridized carbons (Fsp3) is 0.192. The predicted molar refractivity (Wildman–Crippen MR) is 120 cm³/mol.